The Labute approximate surface area is 152 Å². The van der Waals surface area contributed by atoms with Gasteiger partial charge in [0.15, 0.2) is 0 Å². The minimum Gasteiger partial charge on any atom is -0.460 e. The summed E-state index contributed by atoms with van der Waals surface area (Å²) < 4.78 is 9.96. The minimum atomic E-state index is -0.409. The number of carbonyl (C=O) groups is 2. The molecule has 7 nitrogen and oxygen atoms in total. The number of piperazine rings is 1. The van der Waals surface area contributed by atoms with Crippen LogP contribution in [0.25, 0.3) is 0 Å². The second-order valence-electron chi connectivity index (χ2n) is 8.24. The Morgan fingerprint density at radius 1 is 1.00 bits per heavy atom. The van der Waals surface area contributed by atoms with Crippen molar-refractivity contribution in [2.75, 3.05) is 39.3 Å². The van der Waals surface area contributed by atoms with Gasteiger partial charge in [0.1, 0.15) is 11.2 Å². The molecule has 1 saturated heterocycles. The molecule has 148 valence electrons. The van der Waals surface area contributed by atoms with Gasteiger partial charge in [-0.3, -0.25) is 4.79 Å². The number of amides is 1. The average Bonchev–Trinajstić information content (AvgIpc) is 2.41. The first-order chi connectivity index (χ1) is 11.4. The predicted molar refractivity (Wildman–Crippen MR) is 98.8 cm³/mol. The molecule has 0 aromatic carbocycles. The Hall–Kier alpha value is -1.34. The van der Waals surface area contributed by atoms with Gasteiger partial charge in [0, 0.05) is 33.0 Å². The van der Waals surface area contributed by atoms with Crippen LogP contribution >= 0.6 is 0 Å². The van der Waals surface area contributed by atoms with Crippen molar-refractivity contribution in [3.05, 3.63) is 0 Å². The fraction of sp³-hybridized carbons (Fsp3) is 0.889. The zero-order chi connectivity index (χ0) is 19.5. The van der Waals surface area contributed by atoms with Crippen LogP contribution in [0.15, 0.2) is 0 Å². The van der Waals surface area contributed by atoms with Crippen LogP contribution in [0.1, 0.15) is 54.9 Å². The number of ether oxygens (including phenoxy) is 2. The van der Waals surface area contributed by atoms with E-state index in [-0.39, 0.29) is 17.7 Å². The summed E-state index contributed by atoms with van der Waals surface area (Å²) in [6, 6.07) is 0. The molecular weight excluding hydrogens is 322 g/mol. The van der Waals surface area contributed by atoms with E-state index in [2.05, 4.69) is 10.6 Å². The molecule has 0 atom stereocenters. The number of quaternary nitrogens is 1. The Morgan fingerprint density at radius 2 is 1.52 bits per heavy atom. The molecule has 7 heteroatoms. The molecule has 0 bridgehead atoms. The van der Waals surface area contributed by atoms with E-state index in [1.54, 1.807) is 4.90 Å². The molecule has 1 fully saturated rings. The van der Waals surface area contributed by atoms with E-state index in [0.29, 0.717) is 6.54 Å². The fourth-order valence-corrected chi connectivity index (χ4v) is 2.30. The van der Waals surface area contributed by atoms with Crippen LogP contribution in [0.2, 0.25) is 0 Å². The molecule has 0 spiro atoms. The van der Waals surface area contributed by atoms with Crippen LogP contribution < -0.4 is 15.5 Å². The van der Waals surface area contributed by atoms with Crippen molar-refractivity contribution in [2.24, 2.45) is 0 Å². The van der Waals surface area contributed by atoms with Gasteiger partial charge in [-0.25, -0.2) is 4.79 Å². The van der Waals surface area contributed by atoms with Crippen molar-refractivity contribution in [1.29, 1.82) is 0 Å². The van der Waals surface area contributed by atoms with Crippen LogP contribution in [0.5, 0.6) is 0 Å². The Balaban J connectivity index is 0.000000609. The summed E-state index contributed by atoms with van der Waals surface area (Å²) in [5, 5.41) is 6.13. The standard InChI is InChI=1S/C12H25N3O2.C6H12O2/c1-12(2,3)17-11(16)14-5-4-8-15-9-6-13-7-10-15;1-5(7)8-6(2,3)4/h13H,4-10H2,1-3H3,(H,14,16);1-4H3/p+1. The Morgan fingerprint density at radius 3 is 1.92 bits per heavy atom. The van der Waals surface area contributed by atoms with E-state index in [1.165, 1.54) is 20.0 Å². The third-order valence-electron chi connectivity index (χ3n) is 3.14. The van der Waals surface area contributed by atoms with E-state index in [4.69, 9.17) is 9.47 Å². The lowest BCUT2D eigenvalue weighted by Gasteiger charge is -2.24. The van der Waals surface area contributed by atoms with E-state index in [9.17, 15) is 9.59 Å². The molecule has 0 aromatic heterocycles. The summed E-state index contributed by atoms with van der Waals surface area (Å²) in [5.41, 5.74) is -0.736. The summed E-state index contributed by atoms with van der Waals surface area (Å²) in [4.78, 5) is 23.2. The third kappa shape index (κ3) is 17.3. The minimum absolute atomic E-state index is 0.225. The van der Waals surface area contributed by atoms with Crippen molar-refractivity contribution in [2.45, 2.75) is 66.1 Å². The van der Waals surface area contributed by atoms with Crippen molar-refractivity contribution in [3.63, 3.8) is 0 Å². The molecule has 25 heavy (non-hydrogen) atoms. The Bertz CT molecular complexity index is 394. The molecule has 0 aliphatic carbocycles. The lowest BCUT2D eigenvalue weighted by Crippen LogP contribution is -3.14. The van der Waals surface area contributed by atoms with Gasteiger partial charge >= 0.3 is 12.1 Å². The molecule has 3 N–H and O–H groups in total. The summed E-state index contributed by atoms with van der Waals surface area (Å²) in [6.07, 6.45) is 0.696. The van der Waals surface area contributed by atoms with Crippen LogP contribution in [-0.2, 0) is 14.3 Å². The van der Waals surface area contributed by atoms with E-state index in [1.807, 2.05) is 41.5 Å². The normalized spacial score (nSPS) is 15.6. The van der Waals surface area contributed by atoms with Crippen LogP contribution in [0.3, 0.4) is 0 Å². The van der Waals surface area contributed by atoms with Gasteiger partial charge in [0.25, 0.3) is 0 Å². The number of alkyl carbamates (subject to hydrolysis) is 1. The molecule has 1 amide bonds. The first kappa shape index (κ1) is 23.7. The smallest absolute Gasteiger partial charge is 0.407 e. The van der Waals surface area contributed by atoms with Gasteiger partial charge in [0.2, 0.25) is 0 Å². The van der Waals surface area contributed by atoms with Crippen molar-refractivity contribution >= 4 is 12.1 Å². The van der Waals surface area contributed by atoms with Gasteiger partial charge < -0.3 is 25.0 Å². The molecule has 1 rings (SSSR count). The predicted octanol–water partition coefficient (Wildman–Crippen LogP) is 0.737. The van der Waals surface area contributed by atoms with Gasteiger partial charge in [-0.2, -0.15) is 0 Å². The number of rotatable bonds is 4. The zero-order valence-corrected chi connectivity index (χ0v) is 17.1. The number of hydrogen-bond acceptors (Lipinski definition) is 5. The molecule has 0 radical (unpaired) electrons. The number of hydrogen-bond donors (Lipinski definition) is 3. The van der Waals surface area contributed by atoms with Crippen LogP contribution in [0.4, 0.5) is 4.79 Å². The zero-order valence-electron chi connectivity index (χ0n) is 17.1. The van der Waals surface area contributed by atoms with Crippen LogP contribution in [0, 0.1) is 0 Å². The Kier molecular flexibility index (Phi) is 10.7. The number of nitrogens with one attached hydrogen (secondary N) is 3. The lowest BCUT2D eigenvalue weighted by molar-refractivity contribution is -0.901. The SMILES string of the molecule is CC(=O)OC(C)(C)C.CC(C)(C)OC(=O)NCCC[NH+]1CCNCC1. The summed E-state index contributed by atoms with van der Waals surface area (Å²) in [7, 11) is 0. The average molecular weight is 361 g/mol. The van der Waals surface area contributed by atoms with Gasteiger partial charge in [-0.15, -0.1) is 0 Å². The topological polar surface area (TPSA) is 81.1 Å². The molecule has 0 aromatic rings. The molecule has 1 aliphatic rings. The first-order valence-corrected chi connectivity index (χ1v) is 9.10. The maximum atomic E-state index is 11.4. The van der Waals surface area contributed by atoms with Gasteiger partial charge in [-0.05, 0) is 41.5 Å². The van der Waals surface area contributed by atoms with Crippen molar-refractivity contribution in [3.8, 4) is 0 Å². The highest BCUT2D eigenvalue weighted by atomic mass is 16.6. The second kappa shape index (κ2) is 11.3. The largest absolute Gasteiger partial charge is 0.460 e. The van der Waals surface area contributed by atoms with E-state index < -0.39 is 5.60 Å². The lowest BCUT2D eigenvalue weighted by atomic mass is 10.2. The maximum absolute atomic E-state index is 11.4. The first-order valence-electron chi connectivity index (χ1n) is 9.10. The summed E-state index contributed by atoms with van der Waals surface area (Å²) in [5.74, 6) is -0.225. The molecule has 0 unspecified atom stereocenters. The van der Waals surface area contributed by atoms with E-state index >= 15 is 0 Å². The van der Waals surface area contributed by atoms with Crippen molar-refractivity contribution in [1.82, 2.24) is 10.6 Å². The molecular formula is C18H38N3O4+. The summed E-state index contributed by atoms with van der Waals surface area (Å²) in [6.45, 7) is 19.0. The van der Waals surface area contributed by atoms with Crippen LogP contribution in [-0.4, -0.2) is 62.5 Å². The molecule has 1 aliphatic heterocycles. The number of esters is 1. The molecule has 1 heterocycles. The van der Waals surface area contributed by atoms with Gasteiger partial charge in [-0.1, -0.05) is 0 Å². The number of carbonyl (C=O) groups excluding carboxylic acids is 2. The summed E-state index contributed by atoms with van der Waals surface area (Å²) >= 11 is 0. The maximum Gasteiger partial charge on any atom is 0.407 e. The van der Waals surface area contributed by atoms with E-state index in [0.717, 1.165) is 26.1 Å². The second-order valence-corrected chi connectivity index (χ2v) is 8.24. The van der Waals surface area contributed by atoms with Crippen molar-refractivity contribution < 1.29 is 24.0 Å². The fourth-order valence-electron chi connectivity index (χ4n) is 2.30. The highest BCUT2D eigenvalue weighted by Gasteiger charge is 2.16. The highest BCUT2D eigenvalue weighted by Crippen LogP contribution is 2.06. The van der Waals surface area contributed by atoms with Gasteiger partial charge in [0.05, 0.1) is 19.6 Å². The monoisotopic (exact) mass is 360 g/mol. The quantitative estimate of drug-likeness (QED) is 0.509. The third-order valence-corrected chi connectivity index (χ3v) is 3.14. The molecule has 0 saturated carbocycles. The highest BCUT2D eigenvalue weighted by molar-refractivity contribution is 5.67.